The van der Waals surface area contributed by atoms with Crippen LogP contribution in [0.15, 0.2) is 59.6 Å². The highest BCUT2D eigenvalue weighted by atomic mass is 16.5. The molecular formula is C21H28N4O. The molecule has 1 heterocycles. The molecule has 138 valence electrons. The van der Waals surface area contributed by atoms with Gasteiger partial charge in [-0.2, -0.15) is 0 Å². The molecule has 26 heavy (non-hydrogen) atoms. The van der Waals surface area contributed by atoms with Crippen molar-refractivity contribution in [2.45, 2.75) is 25.9 Å². The van der Waals surface area contributed by atoms with Crippen LogP contribution < -0.4 is 20.3 Å². The summed E-state index contributed by atoms with van der Waals surface area (Å²) in [6.45, 7) is 5.40. The SMILES string of the molecule is CCOc1ccccc1CNC(=NC)NC1CCN(c2ccccc2)C1. The third-order valence-corrected chi connectivity index (χ3v) is 4.59. The lowest BCUT2D eigenvalue weighted by molar-refractivity contribution is 0.336. The standard InChI is InChI=1S/C21H28N4O/c1-3-26-20-12-8-7-9-17(20)15-23-21(22-2)24-18-13-14-25(16-18)19-10-5-4-6-11-19/h4-12,18H,3,13-16H2,1-2H3,(H2,22,23,24). The number of nitrogens with zero attached hydrogens (tertiary/aromatic N) is 2. The Labute approximate surface area is 156 Å². The van der Waals surface area contributed by atoms with Crippen molar-refractivity contribution in [3.63, 3.8) is 0 Å². The van der Waals surface area contributed by atoms with Gasteiger partial charge >= 0.3 is 0 Å². The maximum absolute atomic E-state index is 5.69. The van der Waals surface area contributed by atoms with Crippen molar-refractivity contribution < 1.29 is 4.74 Å². The molecule has 0 radical (unpaired) electrons. The largest absolute Gasteiger partial charge is 0.494 e. The van der Waals surface area contributed by atoms with Gasteiger partial charge in [0.2, 0.25) is 0 Å². The number of anilines is 1. The summed E-state index contributed by atoms with van der Waals surface area (Å²) in [7, 11) is 1.81. The number of para-hydroxylation sites is 2. The zero-order chi connectivity index (χ0) is 18.2. The van der Waals surface area contributed by atoms with Gasteiger partial charge in [-0.3, -0.25) is 4.99 Å². The molecule has 0 saturated carbocycles. The molecule has 0 spiro atoms. The Balaban J connectivity index is 1.53. The summed E-state index contributed by atoms with van der Waals surface area (Å²) in [6.07, 6.45) is 1.10. The van der Waals surface area contributed by atoms with Crippen LogP contribution in [0.3, 0.4) is 0 Å². The summed E-state index contributed by atoms with van der Waals surface area (Å²) in [5.74, 6) is 1.75. The molecule has 5 nitrogen and oxygen atoms in total. The van der Waals surface area contributed by atoms with E-state index in [4.69, 9.17) is 4.74 Å². The minimum absolute atomic E-state index is 0.392. The van der Waals surface area contributed by atoms with E-state index in [0.29, 0.717) is 19.2 Å². The average Bonchev–Trinajstić information content (AvgIpc) is 3.15. The first kappa shape index (κ1) is 18.1. The van der Waals surface area contributed by atoms with Crippen molar-refractivity contribution in [1.29, 1.82) is 0 Å². The van der Waals surface area contributed by atoms with Crippen LogP contribution in [0.1, 0.15) is 18.9 Å². The fraction of sp³-hybridized carbons (Fsp3) is 0.381. The number of guanidine groups is 1. The number of ether oxygens (including phenoxy) is 1. The molecule has 0 aromatic heterocycles. The van der Waals surface area contributed by atoms with Crippen LogP contribution in [0.4, 0.5) is 5.69 Å². The van der Waals surface area contributed by atoms with Crippen molar-refractivity contribution in [3.8, 4) is 5.75 Å². The van der Waals surface area contributed by atoms with Crippen LogP contribution >= 0.6 is 0 Å². The average molecular weight is 352 g/mol. The molecule has 0 amide bonds. The Morgan fingerprint density at radius 1 is 1.15 bits per heavy atom. The summed E-state index contributed by atoms with van der Waals surface area (Å²) in [5.41, 5.74) is 2.42. The fourth-order valence-corrected chi connectivity index (χ4v) is 3.26. The number of benzene rings is 2. The van der Waals surface area contributed by atoms with Crippen molar-refractivity contribution in [2.75, 3.05) is 31.6 Å². The zero-order valence-electron chi connectivity index (χ0n) is 15.6. The van der Waals surface area contributed by atoms with E-state index in [2.05, 4.69) is 56.9 Å². The first-order valence-corrected chi connectivity index (χ1v) is 9.28. The predicted molar refractivity (Wildman–Crippen MR) is 108 cm³/mol. The third-order valence-electron chi connectivity index (χ3n) is 4.59. The molecule has 1 atom stereocenters. The number of hydrogen-bond acceptors (Lipinski definition) is 3. The molecule has 2 aromatic rings. The second-order valence-electron chi connectivity index (χ2n) is 6.38. The number of aliphatic imine (C=N–C) groups is 1. The summed E-state index contributed by atoms with van der Waals surface area (Å²) in [6, 6.07) is 19.1. The second-order valence-corrected chi connectivity index (χ2v) is 6.38. The first-order chi connectivity index (χ1) is 12.8. The molecule has 5 heteroatoms. The maximum atomic E-state index is 5.69. The monoisotopic (exact) mass is 352 g/mol. The molecule has 1 saturated heterocycles. The third kappa shape index (κ3) is 4.69. The van der Waals surface area contributed by atoms with E-state index in [-0.39, 0.29) is 0 Å². The highest BCUT2D eigenvalue weighted by molar-refractivity contribution is 5.80. The molecule has 1 unspecified atom stereocenters. The van der Waals surface area contributed by atoms with Crippen molar-refractivity contribution in [3.05, 3.63) is 60.2 Å². The Morgan fingerprint density at radius 3 is 2.69 bits per heavy atom. The lowest BCUT2D eigenvalue weighted by Crippen LogP contribution is -2.44. The lowest BCUT2D eigenvalue weighted by atomic mass is 10.2. The minimum Gasteiger partial charge on any atom is -0.494 e. The number of rotatable bonds is 6. The molecule has 0 bridgehead atoms. The summed E-state index contributed by atoms with van der Waals surface area (Å²) >= 11 is 0. The molecular weight excluding hydrogens is 324 g/mol. The smallest absolute Gasteiger partial charge is 0.191 e. The zero-order valence-corrected chi connectivity index (χ0v) is 15.6. The molecule has 1 aliphatic heterocycles. The van der Waals surface area contributed by atoms with Gasteiger partial charge in [-0.15, -0.1) is 0 Å². The highest BCUT2D eigenvalue weighted by Gasteiger charge is 2.23. The topological polar surface area (TPSA) is 48.9 Å². The Morgan fingerprint density at radius 2 is 1.92 bits per heavy atom. The van der Waals surface area contributed by atoms with Gasteiger partial charge in [-0.1, -0.05) is 36.4 Å². The van der Waals surface area contributed by atoms with E-state index in [1.165, 1.54) is 5.69 Å². The van der Waals surface area contributed by atoms with Crippen molar-refractivity contribution >= 4 is 11.6 Å². The number of nitrogens with one attached hydrogen (secondary N) is 2. The normalized spacial score (nSPS) is 17.2. The van der Waals surface area contributed by atoms with E-state index in [0.717, 1.165) is 36.8 Å². The van der Waals surface area contributed by atoms with Gasteiger partial charge in [-0.05, 0) is 31.5 Å². The highest BCUT2D eigenvalue weighted by Crippen LogP contribution is 2.20. The van der Waals surface area contributed by atoms with Crippen LogP contribution in [0.2, 0.25) is 0 Å². The van der Waals surface area contributed by atoms with Crippen molar-refractivity contribution in [2.24, 2.45) is 4.99 Å². The Kier molecular flexibility index (Phi) is 6.36. The number of hydrogen-bond donors (Lipinski definition) is 2. The summed E-state index contributed by atoms with van der Waals surface area (Å²) < 4.78 is 5.69. The Bertz CT molecular complexity index is 717. The van der Waals surface area contributed by atoms with Crippen LogP contribution in [-0.2, 0) is 6.54 Å². The van der Waals surface area contributed by atoms with Gasteiger partial charge in [-0.25, -0.2) is 0 Å². The van der Waals surface area contributed by atoms with E-state index in [1.807, 2.05) is 32.2 Å². The van der Waals surface area contributed by atoms with E-state index >= 15 is 0 Å². The molecule has 1 fully saturated rings. The molecule has 0 aliphatic carbocycles. The van der Waals surface area contributed by atoms with Gasteiger partial charge in [0.25, 0.3) is 0 Å². The van der Waals surface area contributed by atoms with E-state index in [1.54, 1.807) is 0 Å². The van der Waals surface area contributed by atoms with Crippen LogP contribution in [0.25, 0.3) is 0 Å². The van der Waals surface area contributed by atoms with Gasteiger partial charge in [0.05, 0.1) is 6.61 Å². The van der Waals surface area contributed by atoms with Gasteiger partial charge < -0.3 is 20.3 Å². The van der Waals surface area contributed by atoms with Gasteiger partial charge in [0, 0.05) is 44.0 Å². The Hall–Kier alpha value is -2.69. The molecule has 1 aliphatic rings. The summed E-state index contributed by atoms with van der Waals surface area (Å²) in [5, 5.41) is 6.95. The van der Waals surface area contributed by atoms with E-state index in [9.17, 15) is 0 Å². The lowest BCUT2D eigenvalue weighted by Gasteiger charge is -2.20. The molecule has 2 N–H and O–H groups in total. The second kappa shape index (κ2) is 9.13. The van der Waals surface area contributed by atoms with Gasteiger partial charge in [0.1, 0.15) is 5.75 Å². The van der Waals surface area contributed by atoms with Gasteiger partial charge in [0.15, 0.2) is 5.96 Å². The van der Waals surface area contributed by atoms with Crippen LogP contribution in [0, 0.1) is 0 Å². The quantitative estimate of drug-likeness (QED) is 0.620. The van der Waals surface area contributed by atoms with Crippen LogP contribution in [-0.4, -0.2) is 38.7 Å². The predicted octanol–water partition coefficient (Wildman–Crippen LogP) is 3.03. The fourth-order valence-electron chi connectivity index (χ4n) is 3.26. The minimum atomic E-state index is 0.392. The van der Waals surface area contributed by atoms with Crippen LogP contribution in [0.5, 0.6) is 5.75 Å². The molecule has 2 aromatic carbocycles. The first-order valence-electron chi connectivity index (χ1n) is 9.28. The summed E-state index contributed by atoms with van der Waals surface area (Å²) in [4.78, 5) is 6.79. The van der Waals surface area contributed by atoms with E-state index < -0.39 is 0 Å². The maximum Gasteiger partial charge on any atom is 0.191 e. The molecule has 3 rings (SSSR count). The van der Waals surface area contributed by atoms with Crippen molar-refractivity contribution in [1.82, 2.24) is 10.6 Å².